The van der Waals surface area contributed by atoms with Crippen LogP contribution in [0, 0.1) is 0 Å². The summed E-state index contributed by atoms with van der Waals surface area (Å²) in [5, 5.41) is 2.57. The first-order valence-electron chi connectivity index (χ1n) is 11.9. The van der Waals surface area contributed by atoms with Crippen LogP contribution < -0.4 is 14.2 Å². The summed E-state index contributed by atoms with van der Waals surface area (Å²) >= 11 is 6.79. The lowest BCUT2D eigenvalue weighted by atomic mass is 10.1. The van der Waals surface area contributed by atoms with Crippen molar-refractivity contribution in [2.24, 2.45) is 0 Å². The molecular weight excluding hydrogens is 522 g/mol. The van der Waals surface area contributed by atoms with Gasteiger partial charge in [0.05, 0.1) is 18.6 Å². The van der Waals surface area contributed by atoms with Crippen molar-refractivity contribution in [2.75, 3.05) is 20.3 Å². The molecule has 0 aromatic heterocycles. The van der Waals surface area contributed by atoms with Crippen molar-refractivity contribution in [3.05, 3.63) is 106 Å². The first-order valence-corrected chi connectivity index (χ1v) is 13.1. The maximum absolute atomic E-state index is 12.9. The molecule has 6 nitrogen and oxygen atoms in total. The maximum Gasteiger partial charge on any atom is 0.293 e. The molecule has 4 aromatic carbocycles. The third-order valence-corrected chi connectivity index (χ3v) is 7.18. The molecule has 2 amide bonds. The monoisotopic (exact) mass is 545 g/mol. The van der Waals surface area contributed by atoms with E-state index in [9.17, 15) is 9.59 Å². The van der Waals surface area contributed by atoms with Gasteiger partial charge < -0.3 is 14.2 Å². The standard InChI is InChI=1S/C30H24ClNO5S/c1-35-27-17-20(9-14-26(27)37-19-22-7-4-6-21-5-2-3-8-25(21)22)18-28-29(33)32(30(34)38-28)15-16-36-24-12-10-23(31)11-13-24/h2-14,17-18H,15-16,19H2,1H3/b28-18-. The second-order valence-electron chi connectivity index (χ2n) is 8.47. The number of amides is 2. The number of carbonyl (C=O) groups excluding carboxylic acids is 2. The predicted octanol–water partition coefficient (Wildman–Crippen LogP) is 7.20. The highest BCUT2D eigenvalue weighted by molar-refractivity contribution is 8.18. The Hall–Kier alpha value is -3.94. The Bertz CT molecular complexity index is 1510. The molecular formula is C30H24ClNO5S. The van der Waals surface area contributed by atoms with E-state index in [1.807, 2.05) is 30.3 Å². The number of halogens is 1. The minimum Gasteiger partial charge on any atom is -0.493 e. The molecule has 1 saturated heterocycles. The number of methoxy groups -OCH3 is 1. The summed E-state index contributed by atoms with van der Waals surface area (Å²) in [6.07, 6.45) is 1.68. The van der Waals surface area contributed by atoms with Gasteiger partial charge in [-0.25, -0.2) is 0 Å². The van der Waals surface area contributed by atoms with Gasteiger partial charge in [0.15, 0.2) is 11.5 Å². The fraction of sp³-hybridized carbons (Fsp3) is 0.133. The second-order valence-corrected chi connectivity index (χ2v) is 9.90. The summed E-state index contributed by atoms with van der Waals surface area (Å²) < 4.78 is 17.3. The Morgan fingerprint density at radius 1 is 0.895 bits per heavy atom. The van der Waals surface area contributed by atoms with E-state index in [1.165, 1.54) is 4.90 Å². The van der Waals surface area contributed by atoms with Crippen molar-refractivity contribution in [2.45, 2.75) is 6.61 Å². The molecule has 1 heterocycles. The van der Waals surface area contributed by atoms with E-state index in [0.717, 1.165) is 33.7 Å². The van der Waals surface area contributed by atoms with Crippen LogP contribution in [0.3, 0.4) is 0 Å². The normalized spacial score (nSPS) is 14.4. The van der Waals surface area contributed by atoms with Crippen molar-refractivity contribution >= 4 is 51.4 Å². The first kappa shape index (κ1) is 25.7. The van der Waals surface area contributed by atoms with Gasteiger partial charge in [-0.15, -0.1) is 0 Å². The number of thioether (sulfide) groups is 1. The van der Waals surface area contributed by atoms with Crippen LogP contribution in [0.4, 0.5) is 4.79 Å². The highest BCUT2D eigenvalue weighted by Crippen LogP contribution is 2.35. The number of imide groups is 1. The quantitative estimate of drug-likeness (QED) is 0.207. The average Bonchev–Trinajstić information content (AvgIpc) is 3.20. The van der Waals surface area contributed by atoms with Crippen LogP contribution >= 0.6 is 23.4 Å². The Morgan fingerprint density at radius 3 is 2.50 bits per heavy atom. The smallest absolute Gasteiger partial charge is 0.293 e. The Labute approximate surface area is 229 Å². The summed E-state index contributed by atoms with van der Waals surface area (Å²) in [6, 6.07) is 26.6. The number of benzene rings is 4. The summed E-state index contributed by atoms with van der Waals surface area (Å²) in [6.45, 7) is 0.715. The van der Waals surface area contributed by atoms with Gasteiger partial charge in [0, 0.05) is 5.02 Å². The number of hydrogen-bond donors (Lipinski definition) is 0. The number of rotatable bonds is 9. The van der Waals surface area contributed by atoms with Gasteiger partial charge >= 0.3 is 0 Å². The van der Waals surface area contributed by atoms with Crippen LogP contribution in [0.2, 0.25) is 5.02 Å². The van der Waals surface area contributed by atoms with E-state index >= 15 is 0 Å². The van der Waals surface area contributed by atoms with Gasteiger partial charge in [-0.3, -0.25) is 14.5 Å². The van der Waals surface area contributed by atoms with Crippen molar-refractivity contribution in [3.63, 3.8) is 0 Å². The third-order valence-electron chi connectivity index (χ3n) is 6.02. The SMILES string of the molecule is COc1cc(/C=C2\SC(=O)N(CCOc3ccc(Cl)cc3)C2=O)ccc1OCc1cccc2ccccc12. The molecule has 1 aliphatic heterocycles. The Kier molecular flexibility index (Phi) is 7.86. The summed E-state index contributed by atoms with van der Waals surface area (Å²) in [7, 11) is 1.57. The third kappa shape index (κ3) is 5.79. The number of ether oxygens (including phenoxy) is 3. The van der Waals surface area contributed by atoms with E-state index in [4.69, 9.17) is 25.8 Å². The number of nitrogens with zero attached hydrogens (tertiary/aromatic N) is 1. The van der Waals surface area contributed by atoms with E-state index in [1.54, 1.807) is 49.6 Å². The Balaban J connectivity index is 1.24. The summed E-state index contributed by atoms with van der Waals surface area (Å²) in [4.78, 5) is 26.9. The average molecular weight is 546 g/mol. The molecule has 0 aliphatic carbocycles. The minimum absolute atomic E-state index is 0.148. The molecule has 0 radical (unpaired) electrons. The predicted molar refractivity (Wildman–Crippen MR) is 151 cm³/mol. The van der Waals surface area contributed by atoms with Gasteiger partial charge in [0.1, 0.15) is 19.0 Å². The fourth-order valence-corrected chi connectivity index (χ4v) is 5.09. The van der Waals surface area contributed by atoms with Crippen LogP contribution in [-0.4, -0.2) is 36.3 Å². The topological polar surface area (TPSA) is 65.1 Å². The van der Waals surface area contributed by atoms with Crippen LogP contribution in [0.15, 0.2) is 89.8 Å². The second kappa shape index (κ2) is 11.6. The molecule has 0 saturated carbocycles. The van der Waals surface area contributed by atoms with Crippen molar-refractivity contribution in [1.29, 1.82) is 0 Å². The van der Waals surface area contributed by atoms with E-state index in [2.05, 4.69) is 18.2 Å². The number of carbonyl (C=O) groups is 2. The highest BCUT2D eigenvalue weighted by Gasteiger charge is 2.34. The van der Waals surface area contributed by atoms with Crippen molar-refractivity contribution < 1.29 is 23.8 Å². The van der Waals surface area contributed by atoms with E-state index < -0.39 is 0 Å². The van der Waals surface area contributed by atoms with E-state index in [0.29, 0.717) is 33.8 Å². The molecule has 8 heteroatoms. The largest absolute Gasteiger partial charge is 0.493 e. The molecule has 0 N–H and O–H groups in total. The van der Waals surface area contributed by atoms with Gasteiger partial charge in [0.2, 0.25) is 0 Å². The molecule has 0 unspecified atom stereocenters. The molecule has 5 rings (SSSR count). The fourth-order valence-electron chi connectivity index (χ4n) is 4.10. The van der Waals surface area contributed by atoms with Crippen LogP contribution in [-0.2, 0) is 11.4 Å². The molecule has 4 aromatic rings. The maximum atomic E-state index is 12.9. The first-order chi connectivity index (χ1) is 18.5. The van der Waals surface area contributed by atoms with Gasteiger partial charge in [0.25, 0.3) is 11.1 Å². The zero-order valence-corrected chi connectivity index (χ0v) is 22.1. The molecule has 1 aliphatic rings. The molecule has 0 atom stereocenters. The highest BCUT2D eigenvalue weighted by atomic mass is 35.5. The van der Waals surface area contributed by atoms with Crippen molar-refractivity contribution in [1.82, 2.24) is 4.90 Å². The van der Waals surface area contributed by atoms with Gasteiger partial charge in [-0.2, -0.15) is 0 Å². The molecule has 192 valence electrons. The zero-order chi connectivity index (χ0) is 26.5. The van der Waals surface area contributed by atoms with Gasteiger partial charge in [-0.05, 0) is 76.1 Å². The Morgan fingerprint density at radius 2 is 1.68 bits per heavy atom. The lowest BCUT2D eigenvalue weighted by Crippen LogP contribution is -2.32. The minimum atomic E-state index is -0.352. The lowest BCUT2D eigenvalue weighted by Gasteiger charge is -2.13. The summed E-state index contributed by atoms with van der Waals surface area (Å²) in [5.41, 5.74) is 1.80. The van der Waals surface area contributed by atoms with Crippen LogP contribution in [0.1, 0.15) is 11.1 Å². The van der Waals surface area contributed by atoms with Crippen LogP contribution in [0.25, 0.3) is 16.8 Å². The summed E-state index contributed by atoms with van der Waals surface area (Å²) in [5.74, 6) is 1.39. The van der Waals surface area contributed by atoms with Crippen molar-refractivity contribution in [3.8, 4) is 17.2 Å². The lowest BCUT2D eigenvalue weighted by molar-refractivity contribution is -0.123. The number of hydrogen-bond acceptors (Lipinski definition) is 6. The molecule has 1 fully saturated rings. The van der Waals surface area contributed by atoms with Crippen LogP contribution in [0.5, 0.6) is 17.2 Å². The van der Waals surface area contributed by atoms with Gasteiger partial charge in [-0.1, -0.05) is 60.1 Å². The molecule has 0 bridgehead atoms. The van der Waals surface area contributed by atoms with E-state index in [-0.39, 0.29) is 24.3 Å². The zero-order valence-electron chi connectivity index (χ0n) is 20.6. The molecule has 0 spiro atoms. The number of fused-ring (bicyclic) bond motifs is 1. The molecule has 38 heavy (non-hydrogen) atoms.